The van der Waals surface area contributed by atoms with Gasteiger partial charge in [0.25, 0.3) is 0 Å². The molecule has 0 aliphatic carbocycles. The molecule has 0 radical (unpaired) electrons. The molecule has 0 aliphatic heterocycles. The summed E-state index contributed by atoms with van der Waals surface area (Å²) in [6.45, 7) is 2.30. The molecule has 3 heteroatoms. The smallest absolute Gasteiger partial charge is 0.107 e. The van der Waals surface area contributed by atoms with E-state index in [0.29, 0.717) is 6.10 Å². The summed E-state index contributed by atoms with van der Waals surface area (Å²) in [5.41, 5.74) is 0. The van der Waals surface area contributed by atoms with E-state index in [0.717, 1.165) is 18.6 Å². The highest BCUT2D eigenvalue weighted by Gasteiger charge is 2.10. The van der Waals surface area contributed by atoms with Crippen molar-refractivity contribution in [2.24, 2.45) is 0 Å². The van der Waals surface area contributed by atoms with Crippen molar-refractivity contribution in [3.05, 3.63) is 0 Å². The van der Waals surface area contributed by atoms with E-state index in [1.807, 2.05) is 0 Å². The first-order valence-corrected chi connectivity index (χ1v) is 19.3. The Bertz CT molecular complexity index is 415. The van der Waals surface area contributed by atoms with Gasteiger partial charge >= 0.3 is 0 Å². The highest BCUT2D eigenvalue weighted by molar-refractivity contribution is 7.90. The van der Waals surface area contributed by atoms with Crippen LogP contribution in [0.1, 0.15) is 200 Å². The van der Waals surface area contributed by atoms with Crippen molar-refractivity contribution in [1.82, 2.24) is 0 Å². The van der Waals surface area contributed by atoms with Crippen molar-refractivity contribution in [2.75, 3.05) is 19.1 Å². The summed E-state index contributed by atoms with van der Waals surface area (Å²) in [5, 5.41) is 0. The van der Waals surface area contributed by atoms with Crippen molar-refractivity contribution in [3.63, 3.8) is 0 Å². The summed E-state index contributed by atoms with van der Waals surface area (Å²) in [6.07, 6.45) is 44.6. The summed E-state index contributed by atoms with van der Waals surface area (Å²) in [4.78, 5) is 0. The number of rotatable bonds is 33. The van der Waals surface area contributed by atoms with Crippen LogP contribution in [0.3, 0.4) is 0 Å². The van der Waals surface area contributed by atoms with Gasteiger partial charge in [-0.25, -0.2) is 0 Å². The molecule has 0 saturated heterocycles. The van der Waals surface area contributed by atoms with Crippen LogP contribution < -0.4 is 0 Å². The Labute approximate surface area is 244 Å². The Morgan fingerprint density at radius 1 is 0.447 bits per heavy atom. The van der Waals surface area contributed by atoms with E-state index in [1.54, 1.807) is 13.4 Å². The lowest BCUT2D eigenvalue weighted by atomic mass is 10.0. The van der Waals surface area contributed by atoms with Crippen molar-refractivity contribution >= 4 is 11.2 Å². The predicted molar refractivity (Wildman–Crippen MR) is 174 cm³/mol. The Morgan fingerprint density at radius 3 is 0.947 bits per heavy atom. The molecule has 0 rings (SSSR count). The van der Waals surface area contributed by atoms with E-state index in [2.05, 4.69) is 6.92 Å². The Hall–Kier alpha value is 0.270. The molecule has 0 N–H and O–H groups in total. The van der Waals surface area contributed by atoms with Gasteiger partial charge in [-0.3, -0.25) is 0 Å². The molecule has 0 bridgehead atoms. The van der Waals surface area contributed by atoms with Crippen LogP contribution in [0.15, 0.2) is 0 Å². The summed E-state index contributed by atoms with van der Waals surface area (Å²) >= 11 is -0.690. The Balaban J connectivity index is 3.11. The molecule has 0 aromatic carbocycles. The van der Waals surface area contributed by atoms with Gasteiger partial charge in [-0.15, -0.1) is 0 Å². The molecule has 2 unspecified atom stereocenters. The fraction of sp³-hybridized carbons (Fsp3) is 1.00. The zero-order chi connectivity index (χ0) is 27.8. The third-order valence-corrected chi connectivity index (χ3v) is 9.25. The lowest BCUT2D eigenvalue weighted by molar-refractivity contribution is 0.0903. The lowest BCUT2D eigenvalue weighted by Crippen LogP contribution is -2.16. The molecular formula is C35H72O2S. The van der Waals surface area contributed by atoms with Crippen molar-refractivity contribution in [2.45, 2.75) is 206 Å². The zero-order valence-corrected chi connectivity index (χ0v) is 27.5. The van der Waals surface area contributed by atoms with Crippen LogP contribution in [0.2, 0.25) is 0 Å². The van der Waals surface area contributed by atoms with E-state index in [9.17, 15) is 4.55 Å². The molecule has 0 amide bonds. The van der Waals surface area contributed by atoms with E-state index in [1.165, 1.54) is 180 Å². The number of hydrogen-bond donors (Lipinski definition) is 0. The Morgan fingerprint density at radius 2 is 0.711 bits per heavy atom. The molecular weight excluding hydrogens is 484 g/mol. The van der Waals surface area contributed by atoms with Gasteiger partial charge in [0, 0.05) is 13.5 Å². The average molecular weight is 557 g/mol. The van der Waals surface area contributed by atoms with Crippen LogP contribution in [0.25, 0.3) is 0 Å². The van der Waals surface area contributed by atoms with Gasteiger partial charge in [0.2, 0.25) is 0 Å². The van der Waals surface area contributed by atoms with Crippen molar-refractivity contribution in [3.8, 4) is 0 Å². The zero-order valence-electron chi connectivity index (χ0n) is 26.7. The monoisotopic (exact) mass is 557 g/mol. The van der Waals surface area contributed by atoms with Crippen molar-refractivity contribution in [1.29, 1.82) is 0 Å². The topological polar surface area (TPSA) is 32.3 Å². The summed E-state index contributed by atoms with van der Waals surface area (Å²) in [5.74, 6) is 0.776. The third kappa shape index (κ3) is 32.5. The van der Waals surface area contributed by atoms with Gasteiger partial charge in [0.1, 0.15) is 5.75 Å². The second-order valence-corrected chi connectivity index (χ2v) is 13.8. The maximum Gasteiger partial charge on any atom is 0.107 e. The molecule has 0 aromatic heterocycles. The number of ether oxygens (including phenoxy) is 1. The van der Waals surface area contributed by atoms with Gasteiger partial charge in [-0.2, -0.15) is 0 Å². The largest absolute Gasteiger partial charge is 0.617 e. The normalized spacial score (nSPS) is 13.3. The molecule has 0 spiro atoms. The maximum atomic E-state index is 11.2. The molecule has 0 heterocycles. The van der Waals surface area contributed by atoms with Gasteiger partial charge in [0.15, 0.2) is 0 Å². The lowest BCUT2D eigenvalue weighted by Gasteiger charge is -2.15. The highest BCUT2D eigenvalue weighted by atomic mass is 32.2. The molecule has 0 aliphatic rings. The van der Waals surface area contributed by atoms with Crippen LogP contribution in [0.4, 0.5) is 0 Å². The minimum atomic E-state index is -0.690. The standard InChI is InChI=1S/C35H72O2S/c1-4-5-6-7-8-9-10-11-12-13-14-15-16-17-18-19-20-21-22-23-24-25-26-27-28-29-30-31-32-35(37-2)33-34-38(3)36/h35H,4-34H2,1-3H3. The van der Waals surface area contributed by atoms with Gasteiger partial charge in [-0.05, 0) is 6.42 Å². The molecule has 230 valence electrons. The second-order valence-electron chi connectivity index (χ2n) is 12.3. The van der Waals surface area contributed by atoms with Gasteiger partial charge in [-0.1, -0.05) is 198 Å². The summed E-state index contributed by atoms with van der Waals surface area (Å²) in [6, 6.07) is 0. The van der Waals surface area contributed by atoms with Gasteiger partial charge < -0.3 is 9.29 Å². The molecule has 2 atom stereocenters. The average Bonchev–Trinajstić information content (AvgIpc) is 2.91. The molecule has 0 aromatic rings. The van der Waals surface area contributed by atoms with E-state index in [4.69, 9.17) is 4.74 Å². The SMILES string of the molecule is CCCCCCCCCCCCCCCCCCCCCCCCCCCCCCC(CC[S+](C)[O-])OC. The van der Waals surface area contributed by atoms with E-state index < -0.39 is 11.2 Å². The predicted octanol–water partition coefficient (Wildman–Crippen LogP) is 12.1. The van der Waals surface area contributed by atoms with Crippen LogP contribution >= 0.6 is 0 Å². The van der Waals surface area contributed by atoms with Crippen molar-refractivity contribution < 1.29 is 9.29 Å². The molecule has 0 saturated carbocycles. The number of unbranched alkanes of at least 4 members (excludes halogenated alkanes) is 27. The first kappa shape index (κ1) is 38.3. The van der Waals surface area contributed by atoms with Crippen LogP contribution in [-0.2, 0) is 15.9 Å². The highest BCUT2D eigenvalue weighted by Crippen LogP contribution is 2.17. The van der Waals surface area contributed by atoms with Crippen LogP contribution in [0, 0.1) is 0 Å². The third-order valence-electron chi connectivity index (χ3n) is 8.44. The Kier molecular flexibility index (Phi) is 33.7. The first-order valence-electron chi connectivity index (χ1n) is 17.5. The summed E-state index contributed by atoms with van der Waals surface area (Å²) < 4.78 is 16.8. The minimum Gasteiger partial charge on any atom is -0.617 e. The number of methoxy groups -OCH3 is 1. The van der Waals surface area contributed by atoms with E-state index in [-0.39, 0.29) is 0 Å². The molecule has 2 nitrogen and oxygen atoms in total. The van der Waals surface area contributed by atoms with E-state index >= 15 is 0 Å². The molecule has 0 fully saturated rings. The van der Waals surface area contributed by atoms with Gasteiger partial charge in [0.05, 0.1) is 12.4 Å². The molecule has 38 heavy (non-hydrogen) atoms. The number of hydrogen-bond acceptors (Lipinski definition) is 2. The quantitative estimate of drug-likeness (QED) is 0.0594. The maximum absolute atomic E-state index is 11.2. The first-order chi connectivity index (χ1) is 18.7. The second kappa shape index (κ2) is 33.5. The fourth-order valence-corrected chi connectivity index (χ4v) is 6.31. The summed E-state index contributed by atoms with van der Waals surface area (Å²) in [7, 11) is 1.80. The minimum absolute atomic E-state index is 0.308. The van der Waals surface area contributed by atoms with Crippen LogP contribution in [-0.4, -0.2) is 29.8 Å². The van der Waals surface area contributed by atoms with Crippen LogP contribution in [0.5, 0.6) is 0 Å². The fourth-order valence-electron chi connectivity index (χ4n) is 5.72.